The van der Waals surface area contributed by atoms with Crippen molar-refractivity contribution in [2.45, 2.75) is 6.18 Å². The van der Waals surface area contributed by atoms with E-state index in [4.69, 9.17) is 11.6 Å². The highest BCUT2D eigenvalue weighted by atomic mass is 35.5. The first kappa shape index (κ1) is 14.7. The molecular weight excluding hydrogens is 313 g/mol. The maximum Gasteiger partial charge on any atom is 0.416 e. The zero-order chi connectivity index (χ0) is 15.7. The maximum absolute atomic E-state index is 12.8. The molecule has 0 aliphatic heterocycles. The van der Waals surface area contributed by atoms with Gasteiger partial charge in [0.15, 0.2) is 0 Å². The molecular formula is C16H10ClF3N2. The zero-order valence-corrected chi connectivity index (χ0v) is 11.9. The van der Waals surface area contributed by atoms with Crippen LogP contribution >= 0.6 is 11.6 Å². The van der Waals surface area contributed by atoms with Gasteiger partial charge in [0.25, 0.3) is 0 Å². The highest BCUT2D eigenvalue weighted by Gasteiger charge is 2.30. The van der Waals surface area contributed by atoms with Crippen LogP contribution in [-0.4, -0.2) is 9.78 Å². The second-order valence-electron chi connectivity index (χ2n) is 4.73. The van der Waals surface area contributed by atoms with Gasteiger partial charge in [0.2, 0.25) is 0 Å². The van der Waals surface area contributed by atoms with Crippen molar-refractivity contribution in [2.75, 3.05) is 0 Å². The largest absolute Gasteiger partial charge is 0.416 e. The molecule has 3 aromatic rings. The molecule has 0 fully saturated rings. The van der Waals surface area contributed by atoms with Gasteiger partial charge in [-0.05, 0) is 35.9 Å². The van der Waals surface area contributed by atoms with Crippen LogP contribution in [0, 0.1) is 0 Å². The molecule has 0 N–H and O–H groups in total. The van der Waals surface area contributed by atoms with Crippen molar-refractivity contribution in [1.29, 1.82) is 0 Å². The van der Waals surface area contributed by atoms with E-state index < -0.39 is 11.7 Å². The van der Waals surface area contributed by atoms with E-state index in [0.717, 1.165) is 17.8 Å². The first-order valence-electron chi connectivity index (χ1n) is 6.42. The monoisotopic (exact) mass is 322 g/mol. The van der Waals surface area contributed by atoms with Crippen molar-refractivity contribution in [1.82, 2.24) is 9.78 Å². The van der Waals surface area contributed by atoms with Crippen LogP contribution in [0.3, 0.4) is 0 Å². The van der Waals surface area contributed by atoms with Crippen LogP contribution in [0.15, 0.2) is 60.9 Å². The van der Waals surface area contributed by atoms with Gasteiger partial charge in [-0.2, -0.15) is 18.3 Å². The molecule has 0 saturated heterocycles. The van der Waals surface area contributed by atoms with Crippen molar-refractivity contribution in [3.8, 4) is 16.8 Å². The molecule has 0 radical (unpaired) electrons. The summed E-state index contributed by atoms with van der Waals surface area (Å²) in [5, 5.41) is 4.74. The topological polar surface area (TPSA) is 17.8 Å². The Hall–Kier alpha value is -2.27. The molecule has 2 nitrogen and oxygen atoms in total. The summed E-state index contributed by atoms with van der Waals surface area (Å²) in [6, 6.07) is 12.2. The number of halogens is 4. The number of benzene rings is 2. The number of hydrogen-bond acceptors (Lipinski definition) is 1. The summed E-state index contributed by atoms with van der Waals surface area (Å²) in [6.07, 6.45) is -1.17. The number of rotatable bonds is 2. The Morgan fingerprint density at radius 1 is 0.955 bits per heavy atom. The number of aromatic nitrogens is 2. The van der Waals surface area contributed by atoms with E-state index in [1.54, 1.807) is 35.1 Å². The lowest BCUT2D eigenvalue weighted by atomic mass is 10.1. The summed E-state index contributed by atoms with van der Waals surface area (Å²) in [7, 11) is 0. The minimum Gasteiger partial charge on any atom is -0.240 e. The molecule has 112 valence electrons. The van der Waals surface area contributed by atoms with E-state index in [-0.39, 0.29) is 0 Å². The Kier molecular flexibility index (Phi) is 3.66. The third kappa shape index (κ3) is 2.99. The molecule has 1 aromatic heterocycles. The van der Waals surface area contributed by atoms with Gasteiger partial charge < -0.3 is 0 Å². The molecule has 0 spiro atoms. The van der Waals surface area contributed by atoms with Crippen molar-refractivity contribution in [2.24, 2.45) is 0 Å². The Balaban J connectivity index is 1.98. The van der Waals surface area contributed by atoms with Crippen LogP contribution < -0.4 is 0 Å². The summed E-state index contributed by atoms with van der Waals surface area (Å²) in [6.45, 7) is 0. The van der Waals surface area contributed by atoms with Crippen LogP contribution in [0.1, 0.15) is 5.56 Å². The highest BCUT2D eigenvalue weighted by molar-refractivity contribution is 6.30. The molecule has 1 heterocycles. The van der Waals surface area contributed by atoms with Crippen molar-refractivity contribution < 1.29 is 13.2 Å². The smallest absolute Gasteiger partial charge is 0.240 e. The first-order chi connectivity index (χ1) is 10.4. The zero-order valence-electron chi connectivity index (χ0n) is 11.2. The Labute approximate surface area is 129 Å². The summed E-state index contributed by atoms with van der Waals surface area (Å²) in [4.78, 5) is 0. The molecule has 3 rings (SSSR count). The number of alkyl halides is 3. The van der Waals surface area contributed by atoms with Gasteiger partial charge in [-0.3, -0.25) is 0 Å². The van der Waals surface area contributed by atoms with E-state index in [1.165, 1.54) is 12.3 Å². The van der Waals surface area contributed by atoms with Crippen LogP contribution in [0.2, 0.25) is 5.02 Å². The van der Waals surface area contributed by atoms with E-state index in [2.05, 4.69) is 5.10 Å². The molecule has 0 aliphatic carbocycles. The minimum atomic E-state index is -4.36. The van der Waals surface area contributed by atoms with Gasteiger partial charge in [0, 0.05) is 16.8 Å². The molecule has 6 heteroatoms. The fourth-order valence-corrected chi connectivity index (χ4v) is 2.29. The van der Waals surface area contributed by atoms with Gasteiger partial charge in [-0.25, -0.2) is 4.68 Å². The SMILES string of the molecule is FC(F)(F)c1cccc(-c2cnn(-c3cccc(Cl)c3)c2)c1. The lowest BCUT2D eigenvalue weighted by Gasteiger charge is -2.07. The molecule has 0 unspecified atom stereocenters. The fraction of sp³-hybridized carbons (Fsp3) is 0.0625. The summed E-state index contributed by atoms with van der Waals surface area (Å²) in [5.41, 5.74) is 1.13. The van der Waals surface area contributed by atoms with Gasteiger partial charge >= 0.3 is 6.18 Å². The van der Waals surface area contributed by atoms with Crippen molar-refractivity contribution >= 4 is 11.6 Å². The van der Waals surface area contributed by atoms with E-state index in [1.807, 2.05) is 6.07 Å². The second-order valence-corrected chi connectivity index (χ2v) is 5.17. The first-order valence-corrected chi connectivity index (χ1v) is 6.79. The average Bonchev–Trinajstić information content (AvgIpc) is 2.96. The molecule has 0 aliphatic rings. The summed E-state index contributed by atoms with van der Waals surface area (Å²) in [5.74, 6) is 0. The third-order valence-electron chi connectivity index (χ3n) is 3.18. The number of hydrogen-bond donors (Lipinski definition) is 0. The Morgan fingerprint density at radius 3 is 2.45 bits per heavy atom. The van der Waals surface area contributed by atoms with Crippen LogP contribution in [-0.2, 0) is 6.18 Å². The maximum atomic E-state index is 12.8. The third-order valence-corrected chi connectivity index (χ3v) is 3.41. The van der Waals surface area contributed by atoms with E-state index >= 15 is 0 Å². The quantitative estimate of drug-likeness (QED) is 0.633. The highest BCUT2D eigenvalue weighted by Crippen LogP contribution is 2.32. The van der Waals surface area contributed by atoms with E-state index in [9.17, 15) is 13.2 Å². The van der Waals surface area contributed by atoms with Crippen LogP contribution in [0.25, 0.3) is 16.8 Å². The summed E-state index contributed by atoms with van der Waals surface area (Å²) < 4.78 is 39.9. The molecule has 2 aromatic carbocycles. The van der Waals surface area contributed by atoms with Crippen molar-refractivity contribution in [3.63, 3.8) is 0 Å². The molecule has 0 bridgehead atoms. The van der Waals surface area contributed by atoms with E-state index in [0.29, 0.717) is 16.1 Å². The lowest BCUT2D eigenvalue weighted by Crippen LogP contribution is -2.04. The predicted molar refractivity (Wildman–Crippen MR) is 79.0 cm³/mol. The minimum absolute atomic E-state index is 0.461. The van der Waals surface area contributed by atoms with Gasteiger partial charge in [-0.15, -0.1) is 0 Å². The molecule has 22 heavy (non-hydrogen) atoms. The lowest BCUT2D eigenvalue weighted by molar-refractivity contribution is -0.137. The summed E-state index contributed by atoms with van der Waals surface area (Å²) >= 11 is 5.92. The molecule has 0 saturated carbocycles. The van der Waals surface area contributed by atoms with Crippen LogP contribution in [0.4, 0.5) is 13.2 Å². The van der Waals surface area contributed by atoms with Gasteiger partial charge in [0.1, 0.15) is 0 Å². The Morgan fingerprint density at radius 2 is 1.73 bits per heavy atom. The van der Waals surface area contributed by atoms with Crippen molar-refractivity contribution in [3.05, 3.63) is 71.5 Å². The normalized spacial score (nSPS) is 11.6. The number of nitrogens with zero attached hydrogens (tertiary/aromatic N) is 2. The standard InChI is InChI=1S/C16H10ClF3N2/c17-14-5-2-6-15(8-14)22-10-12(9-21-22)11-3-1-4-13(7-11)16(18,19)20/h1-10H. The molecule has 0 amide bonds. The Bertz CT molecular complexity index is 809. The average molecular weight is 323 g/mol. The second kappa shape index (κ2) is 5.50. The fourth-order valence-electron chi connectivity index (χ4n) is 2.11. The molecule has 0 atom stereocenters. The van der Waals surface area contributed by atoms with Crippen LogP contribution in [0.5, 0.6) is 0 Å². The predicted octanol–water partition coefficient (Wildman–Crippen LogP) is 5.21. The van der Waals surface area contributed by atoms with Gasteiger partial charge in [-0.1, -0.05) is 29.8 Å². The van der Waals surface area contributed by atoms with Gasteiger partial charge in [0.05, 0.1) is 17.4 Å².